The minimum absolute atomic E-state index is 0.253. The number of nitrogens with one attached hydrogen (secondary N) is 2. The molecule has 2 atom stereocenters. The van der Waals surface area contributed by atoms with Gasteiger partial charge in [0.05, 0.1) is 0 Å². The summed E-state index contributed by atoms with van der Waals surface area (Å²) in [4.78, 5) is 33.2. The zero-order valence-corrected chi connectivity index (χ0v) is 10.0. The molecule has 98 valence electrons. The van der Waals surface area contributed by atoms with E-state index in [1.807, 2.05) is 0 Å². The lowest BCUT2D eigenvalue weighted by molar-refractivity contribution is -0.141. The first-order chi connectivity index (χ1) is 7.88. The van der Waals surface area contributed by atoms with Crippen molar-refractivity contribution in [3.05, 3.63) is 0 Å². The fourth-order valence-electron chi connectivity index (χ4n) is 1.04. The van der Waals surface area contributed by atoms with Gasteiger partial charge in [0.25, 0.3) is 0 Å². The Morgan fingerprint density at radius 3 is 2.24 bits per heavy atom. The molecule has 0 heterocycles. The average Bonchev–Trinajstić information content (AvgIpc) is 2.25. The Kier molecular flexibility index (Phi) is 6.88. The second-order valence-corrected chi connectivity index (χ2v) is 3.75. The standard InChI is InChI=1S/C10H19N3O4/c1-6(12-8(14)4-3-5-11)9(15)13-7(2)10(16)17/h6-7H,3-5,11H2,1-2H3,(H,12,14)(H,13,15)(H,16,17)/t6-,7-/m0/s1. The molecule has 17 heavy (non-hydrogen) atoms. The van der Waals surface area contributed by atoms with E-state index in [0.717, 1.165) is 0 Å². The van der Waals surface area contributed by atoms with Gasteiger partial charge in [-0.15, -0.1) is 0 Å². The molecule has 0 fully saturated rings. The number of hydrogen-bond donors (Lipinski definition) is 4. The summed E-state index contributed by atoms with van der Waals surface area (Å²) >= 11 is 0. The van der Waals surface area contributed by atoms with Crippen LogP contribution in [0.5, 0.6) is 0 Å². The maximum atomic E-state index is 11.5. The second kappa shape index (κ2) is 7.61. The first kappa shape index (κ1) is 15.4. The van der Waals surface area contributed by atoms with E-state index in [-0.39, 0.29) is 12.3 Å². The van der Waals surface area contributed by atoms with Gasteiger partial charge in [-0.3, -0.25) is 14.4 Å². The van der Waals surface area contributed by atoms with Crippen LogP contribution in [0.15, 0.2) is 0 Å². The number of amides is 2. The number of carbonyl (C=O) groups is 3. The van der Waals surface area contributed by atoms with E-state index in [9.17, 15) is 14.4 Å². The molecule has 0 spiro atoms. The highest BCUT2D eigenvalue weighted by Crippen LogP contribution is 1.91. The summed E-state index contributed by atoms with van der Waals surface area (Å²) in [6, 6.07) is -1.74. The van der Waals surface area contributed by atoms with Crippen molar-refractivity contribution < 1.29 is 19.5 Å². The third kappa shape index (κ3) is 6.52. The van der Waals surface area contributed by atoms with Crippen molar-refractivity contribution in [3.63, 3.8) is 0 Å². The highest BCUT2D eigenvalue weighted by atomic mass is 16.4. The van der Waals surface area contributed by atoms with Gasteiger partial charge < -0.3 is 21.5 Å². The van der Waals surface area contributed by atoms with Crippen molar-refractivity contribution in [1.82, 2.24) is 10.6 Å². The maximum Gasteiger partial charge on any atom is 0.325 e. The minimum atomic E-state index is -1.12. The lowest BCUT2D eigenvalue weighted by Crippen LogP contribution is -2.49. The molecule has 7 heteroatoms. The van der Waals surface area contributed by atoms with Crippen LogP contribution in [-0.2, 0) is 14.4 Å². The molecular formula is C10H19N3O4. The fraction of sp³-hybridized carbons (Fsp3) is 0.700. The third-order valence-electron chi connectivity index (χ3n) is 2.11. The normalized spacial score (nSPS) is 13.6. The van der Waals surface area contributed by atoms with Gasteiger partial charge in [-0.1, -0.05) is 0 Å². The number of carboxylic acids is 1. The smallest absolute Gasteiger partial charge is 0.325 e. The van der Waals surface area contributed by atoms with Crippen molar-refractivity contribution in [1.29, 1.82) is 0 Å². The lowest BCUT2D eigenvalue weighted by Gasteiger charge is -2.16. The van der Waals surface area contributed by atoms with Gasteiger partial charge in [-0.25, -0.2) is 0 Å². The third-order valence-corrected chi connectivity index (χ3v) is 2.11. The number of hydrogen-bond acceptors (Lipinski definition) is 4. The van der Waals surface area contributed by atoms with Crippen LogP contribution in [0.2, 0.25) is 0 Å². The molecule has 5 N–H and O–H groups in total. The van der Waals surface area contributed by atoms with Crippen molar-refractivity contribution >= 4 is 17.8 Å². The number of carbonyl (C=O) groups excluding carboxylic acids is 2. The fourth-order valence-corrected chi connectivity index (χ4v) is 1.04. The van der Waals surface area contributed by atoms with E-state index in [0.29, 0.717) is 13.0 Å². The van der Waals surface area contributed by atoms with Crippen LogP contribution in [0.1, 0.15) is 26.7 Å². The maximum absolute atomic E-state index is 11.5. The summed E-state index contributed by atoms with van der Waals surface area (Å²) in [6.07, 6.45) is 0.800. The Morgan fingerprint density at radius 2 is 1.76 bits per heavy atom. The first-order valence-electron chi connectivity index (χ1n) is 5.41. The van der Waals surface area contributed by atoms with Crippen LogP contribution in [0.3, 0.4) is 0 Å². The molecule has 0 aromatic heterocycles. The van der Waals surface area contributed by atoms with Crippen LogP contribution in [0, 0.1) is 0 Å². The van der Waals surface area contributed by atoms with Gasteiger partial charge in [0.2, 0.25) is 11.8 Å². The number of rotatable bonds is 7. The van der Waals surface area contributed by atoms with Crippen molar-refractivity contribution in [3.8, 4) is 0 Å². The molecule has 0 unspecified atom stereocenters. The minimum Gasteiger partial charge on any atom is -0.480 e. The monoisotopic (exact) mass is 245 g/mol. The summed E-state index contributed by atoms with van der Waals surface area (Å²) in [5.74, 6) is -1.93. The lowest BCUT2D eigenvalue weighted by atomic mass is 10.2. The van der Waals surface area contributed by atoms with Crippen LogP contribution in [0.25, 0.3) is 0 Å². The van der Waals surface area contributed by atoms with E-state index in [1.165, 1.54) is 13.8 Å². The molecule has 0 rings (SSSR count). The Hall–Kier alpha value is -1.63. The largest absolute Gasteiger partial charge is 0.480 e. The number of carboxylic acid groups (broad SMARTS) is 1. The van der Waals surface area contributed by atoms with Crippen molar-refractivity contribution in [2.45, 2.75) is 38.8 Å². The van der Waals surface area contributed by atoms with Crippen molar-refractivity contribution in [2.24, 2.45) is 5.73 Å². The Bertz CT molecular complexity index is 293. The van der Waals surface area contributed by atoms with Gasteiger partial charge in [-0.05, 0) is 26.8 Å². The summed E-state index contributed by atoms with van der Waals surface area (Å²) in [5.41, 5.74) is 5.24. The Morgan fingerprint density at radius 1 is 1.18 bits per heavy atom. The zero-order valence-electron chi connectivity index (χ0n) is 10.0. The molecule has 0 aliphatic rings. The second-order valence-electron chi connectivity index (χ2n) is 3.75. The molecule has 0 aromatic rings. The molecular weight excluding hydrogens is 226 g/mol. The van der Waals surface area contributed by atoms with Gasteiger partial charge >= 0.3 is 5.97 Å². The Labute approximate surface area is 99.7 Å². The van der Waals surface area contributed by atoms with Gasteiger partial charge in [0.1, 0.15) is 12.1 Å². The molecule has 0 aromatic carbocycles. The quantitative estimate of drug-likeness (QED) is 0.450. The van der Waals surface area contributed by atoms with E-state index >= 15 is 0 Å². The Balaban J connectivity index is 4.05. The highest BCUT2D eigenvalue weighted by Gasteiger charge is 2.19. The summed E-state index contributed by atoms with van der Waals surface area (Å²) in [6.45, 7) is 3.25. The summed E-state index contributed by atoms with van der Waals surface area (Å²) in [5, 5.41) is 13.3. The molecule has 0 saturated carbocycles. The molecule has 7 nitrogen and oxygen atoms in total. The average molecular weight is 245 g/mol. The molecule has 0 aliphatic carbocycles. The van der Waals surface area contributed by atoms with E-state index in [4.69, 9.17) is 10.8 Å². The topological polar surface area (TPSA) is 122 Å². The van der Waals surface area contributed by atoms with E-state index in [1.54, 1.807) is 0 Å². The van der Waals surface area contributed by atoms with Crippen LogP contribution < -0.4 is 16.4 Å². The SMILES string of the molecule is C[C@H](NC(=O)[C@H](C)NC(=O)CCCN)C(=O)O. The van der Waals surface area contributed by atoms with E-state index in [2.05, 4.69) is 10.6 Å². The molecule has 0 radical (unpaired) electrons. The van der Waals surface area contributed by atoms with E-state index < -0.39 is 24.0 Å². The van der Waals surface area contributed by atoms with Crippen LogP contribution in [-0.4, -0.2) is 41.5 Å². The van der Waals surface area contributed by atoms with Crippen LogP contribution >= 0.6 is 0 Å². The van der Waals surface area contributed by atoms with Gasteiger partial charge in [-0.2, -0.15) is 0 Å². The highest BCUT2D eigenvalue weighted by molar-refractivity contribution is 5.89. The van der Waals surface area contributed by atoms with Crippen LogP contribution in [0.4, 0.5) is 0 Å². The summed E-state index contributed by atoms with van der Waals surface area (Å²) < 4.78 is 0. The zero-order chi connectivity index (χ0) is 13.4. The molecule has 0 bridgehead atoms. The predicted octanol–water partition coefficient (Wildman–Crippen LogP) is -1.18. The number of aliphatic carboxylic acids is 1. The van der Waals surface area contributed by atoms with Gasteiger partial charge in [0.15, 0.2) is 0 Å². The molecule has 0 aliphatic heterocycles. The molecule has 2 amide bonds. The first-order valence-corrected chi connectivity index (χ1v) is 5.41. The molecule has 0 saturated heterocycles. The predicted molar refractivity (Wildman–Crippen MR) is 61.1 cm³/mol. The number of nitrogens with two attached hydrogens (primary N) is 1. The van der Waals surface area contributed by atoms with Crippen molar-refractivity contribution in [2.75, 3.05) is 6.54 Å². The van der Waals surface area contributed by atoms with Gasteiger partial charge in [0, 0.05) is 6.42 Å². The summed E-state index contributed by atoms with van der Waals surface area (Å²) in [7, 11) is 0.